The van der Waals surface area contributed by atoms with Crippen molar-refractivity contribution in [3.63, 3.8) is 0 Å². The van der Waals surface area contributed by atoms with Crippen molar-refractivity contribution in [2.45, 2.75) is 52.4 Å². The second-order valence-electron chi connectivity index (χ2n) is 6.47. The van der Waals surface area contributed by atoms with Crippen LogP contribution in [-0.4, -0.2) is 44.5 Å². The molecule has 0 saturated carbocycles. The molecular weight excluding hydrogens is 300 g/mol. The molecule has 1 N–H and O–H groups in total. The first kappa shape index (κ1) is 19.2. The molecule has 1 amide bonds. The number of hydrogen-bond donors (Lipinski definition) is 1. The van der Waals surface area contributed by atoms with Crippen LogP contribution in [-0.2, 0) is 14.8 Å². The van der Waals surface area contributed by atoms with Crippen LogP contribution in [0.15, 0.2) is 11.6 Å². The molecule has 0 saturated heterocycles. The van der Waals surface area contributed by atoms with Crippen molar-refractivity contribution >= 4 is 15.9 Å². The quantitative estimate of drug-likeness (QED) is 0.660. The first-order valence-electron chi connectivity index (χ1n) is 8.18. The van der Waals surface area contributed by atoms with E-state index < -0.39 is 10.0 Å². The normalized spacial score (nSPS) is 16.0. The Kier molecular flexibility index (Phi) is 8.10. The summed E-state index contributed by atoms with van der Waals surface area (Å²) in [6.45, 7) is 5.42. The Morgan fingerprint density at radius 3 is 2.59 bits per heavy atom. The SMILES string of the molecule is CC(C)CNC(=O)CCN(CCC1=CCCCC1)S(C)(=O)=O. The molecule has 0 heterocycles. The average Bonchev–Trinajstić information content (AvgIpc) is 2.44. The molecule has 0 aromatic rings. The standard InChI is InChI=1S/C16H30N2O3S/c1-14(2)13-17-16(19)10-12-18(22(3,20)21)11-9-15-7-5-4-6-8-15/h7,14H,4-6,8-13H2,1-3H3,(H,17,19). The average molecular weight is 330 g/mol. The number of carbonyl (C=O) groups excluding carboxylic acids is 1. The molecule has 128 valence electrons. The Hall–Kier alpha value is -0.880. The monoisotopic (exact) mass is 330 g/mol. The highest BCUT2D eigenvalue weighted by molar-refractivity contribution is 7.88. The maximum atomic E-state index is 11.9. The number of hydrogen-bond acceptors (Lipinski definition) is 3. The van der Waals surface area contributed by atoms with E-state index in [0.29, 0.717) is 19.0 Å². The maximum absolute atomic E-state index is 11.9. The molecule has 0 aliphatic heterocycles. The van der Waals surface area contributed by atoms with E-state index >= 15 is 0 Å². The van der Waals surface area contributed by atoms with Crippen molar-refractivity contribution in [3.8, 4) is 0 Å². The molecule has 1 aliphatic rings. The number of rotatable bonds is 9. The summed E-state index contributed by atoms with van der Waals surface area (Å²) in [5.41, 5.74) is 1.35. The van der Waals surface area contributed by atoms with Crippen LogP contribution in [0.2, 0.25) is 0 Å². The van der Waals surface area contributed by atoms with Gasteiger partial charge in [0.25, 0.3) is 0 Å². The molecule has 22 heavy (non-hydrogen) atoms. The van der Waals surface area contributed by atoms with Crippen LogP contribution in [0.25, 0.3) is 0 Å². The first-order valence-corrected chi connectivity index (χ1v) is 10.0. The topological polar surface area (TPSA) is 66.5 Å². The Bertz CT molecular complexity index is 484. The third-order valence-electron chi connectivity index (χ3n) is 3.83. The largest absolute Gasteiger partial charge is 0.356 e. The first-order chi connectivity index (χ1) is 10.3. The fraction of sp³-hybridized carbons (Fsp3) is 0.812. The molecular formula is C16H30N2O3S. The number of nitrogens with one attached hydrogen (secondary N) is 1. The lowest BCUT2D eigenvalue weighted by atomic mass is 9.97. The summed E-state index contributed by atoms with van der Waals surface area (Å²) in [6.07, 6.45) is 9.06. The molecule has 0 aromatic heterocycles. The van der Waals surface area contributed by atoms with Gasteiger partial charge in [0.1, 0.15) is 0 Å². The number of carbonyl (C=O) groups is 1. The van der Waals surface area contributed by atoms with Gasteiger partial charge in [-0.15, -0.1) is 0 Å². The minimum absolute atomic E-state index is 0.0840. The van der Waals surface area contributed by atoms with Crippen LogP contribution < -0.4 is 5.32 Å². The van der Waals surface area contributed by atoms with Crippen LogP contribution >= 0.6 is 0 Å². The van der Waals surface area contributed by atoms with Gasteiger partial charge in [0.15, 0.2) is 0 Å². The van der Waals surface area contributed by atoms with Crippen LogP contribution in [0.4, 0.5) is 0 Å². The van der Waals surface area contributed by atoms with Crippen molar-refractivity contribution in [3.05, 3.63) is 11.6 Å². The minimum Gasteiger partial charge on any atom is -0.356 e. The molecule has 0 unspecified atom stereocenters. The summed E-state index contributed by atoms with van der Waals surface area (Å²) >= 11 is 0. The predicted molar refractivity (Wildman–Crippen MR) is 90.0 cm³/mol. The Balaban J connectivity index is 2.44. The number of sulfonamides is 1. The molecule has 0 atom stereocenters. The molecule has 0 radical (unpaired) electrons. The van der Waals surface area contributed by atoms with Gasteiger partial charge in [-0.25, -0.2) is 12.7 Å². The van der Waals surface area contributed by atoms with Gasteiger partial charge in [-0.3, -0.25) is 4.79 Å². The fourth-order valence-electron chi connectivity index (χ4n) is 2.48. The lowest BCUT2D eigenvalue weighted by molar-refractivity contribution is -0.121. The molecule has 5 nitrogen and oxygen atoms in total. The summed E-state index contributed by atoms with van der Waals surface area (Å²) in [6, 6.07) is 0. The number of allylic oxidation sites excluding steroid dienone is 1. The van der Waals surface area contributed by atoms with E-state index in [2.05, 4.69) is 11.4 Å². The zero-order valence-corrected chi connectivity index (χ0v) is 14.9. The molecule has 1 aliphatic carbocycles. The van der Waals surface area contributed by atoms with Crippen LogP contribution in [0.3, 0.4) is 0 Å². The van der Waals surface area contributed by atoms with Crippen LogP contribution in [0, 0.1) is 5.92 Å². The van der Waals surface area contributed by atoms with E-state index in [1.165, 1.54) is 29.0 Å². The van der Waals surface area contributed by atoms with Gasteiger partial charge < -0.3 is 5.32 Å². The summed E-state index contributed by atoms with van der Waals surface area (Å²) in [5.74, 6) is 0.312. The van der Waals surface area contributed by atoms with Gasteiger partial charge in [0, 0.05) is 26.1 Å². The minimum atomic E-state index is -3.27. The second kappa shape index (κ2) is 9.30. The Labute approximate surface area is 135 Å². The van der Waals surface area contributed by atoms with Crippen molar-refractivity contribution in [1.29, 1.82) is 0 Å². The van der Waals surface area contributed by atoms with E-state index in [-0.39, 0.29) is 18.9 Å². The zero-order chi connectivity index (χ0) is 16.6. The Morgan fingerprint density at radius 1 is 1.32 bits per heavy atom. The van der Waals surface area contributed by atoms with E-state index in [1.807, 2.05) is 13.8 Å². The molecule has 0 aromatic carbocycles. The molecule has 0 spiro atoms. The van der Waals surface area contributed by atoms with Crippen molar-refractivity contribution in [2.24, 2.45) is 5.92 Å². The summed E-state index contributed by atoms with van der Waals surface area (Å²) in [5, 5.41) is 2.82. The lowest BCUT2D eigenvalue weighted by Gasteiger charge is -2.21. The lowest BCUT2D eigenvalue weighted by Crippen LogP contribution is -2.36. The predicted octanol–water partition coefficient (Wildman–Crippen LogP) is 2.30. The van der Waals surface area contributed by atoms with Crippen LogP contribution in [0.5, 0.6) is 0 Å². The zero-order valence-electron chi connectivity index (χ0n) is 14.1. The molecule has 0 bridgehead atoms. The molecule has 0 fully saturated rings. The van der Waals surface area contributed by atoms with Gasteiger partial charge in [-0.1, -0.05) is 25.5 Å². The molecule has 6 heteroatoms. The molecule has 1 rings (SSSR count). The summed E-state index contributed by atoms with van der Waals surface area (Å²) in [4.78, 5) is 11.7. The van der Waals surface area contributed by atoms with Crippen molar-refractivity contribution in [1.82, 2.24) is 9.62 Å². The fourth-order valence-corrected chi connectivity index (χ4v) is 3.32. The highest BCUT2D eigenvalue weighted by Crippen LogP contribution is 2.20. The number of nitrogens with zero attached hydrogens (tertiary/aromatic N) is 1. The highest BCUT2D eigenvalue weighted by atomic mass is 32.2. The second-order valence-corrected chi connectivity index (χ2v) is 8.45. The van der Waals surface area contributed by atoms with Gasteiger partial charge >= 0.3 is 0 Å². The van der Waals surface area contributed by atoms with E-state index in [1.54, 1.807) is 0 Å². The van der Waals surface area contributed by atoms with Gasteiger partial charge in [-0.2, -0.15) is 0 Å². The highest BCUT2D eigenvalue weighted by Gasteiger charge is 2.18. The van der Waals surface area contributed by atoms with E-state index in [9.17, 15) is 13.2 Å². The third-order valence-corrected chi connectivity index (χ3v) is 5.14. The van der Waals surface area contributed by atoms with Crippen molar-refractivity contribution in [2.75, 3.05) is 25.9 Å². The third kappa shape index (κ3) is 7.94. The van der Waals surface area contributed by atoms with Gasteiger partial charge in [0.2, 0.25) is 15.9 Å². The van der Waals surface area contributed by atoms with Crippen LogP contribution in [0.1, 0.15) is 52.4 Å². The van der Waals surface area contributed by atoms with Gasteiger partial charge in [-0.05, 0) is 38.0 Å². The van der Waals surface area contributed by atoms with E-state index in [4.69, 9.17) is 0 Å². The number of amides is 1. The maximum Gasteiger partial charge on any atom is 0.221 e. The van der Waals surface area contributed by atoms with Gasteiger partial charge in [0.05, 0.1) is 6.26 Å². The van der Waals surface area contributed by atoms with Crippen molar-refractivity contribution < 1.29 is 13.2 Å². The Morgan fingerprint density at radius 2 is 2.05 bits per heavy atom. The summed E-state index contributed by atoms with van der Waals surface area (Å²) < 4.78 is 25.1. The summed E-state index contributed by atoms with van der Waals surface area (Å²) in [7, 11) is -3.27. The van der Waals surface area contributed by atoms with E-state index in [0.717, 1.165) is 19.3 Å². The smallest absolute Gasteiger partial charge is 0.221 e.